The van der Waals surface area contributed by atoms with Crippen LogP contribution in [0.25, 0.3) is 0 Å². The first kappa shape index (κ1) is 34.3. The molecule has 0 amide bonds. The van der Waals surface area contributed by atoms with Crippen LogP contribution in [0.5, 0.6) is 17.2 Å². The summed E-state index contributed by atoms with van der Waals surface area (Å²) in [5.41, 5.74) is 2.65. The summed E-state index contributed by atoms with van der Waals surface area (Å²) in [6.45, 7) is 14.3. The molecule has 10 heteroatoms. The van der Waals surface area contributed by atoms with Crippen LogP contribution in [0.4, 0.5) is 0 Å². The predicted molar refractivity (Wildman–Crippen MR) is 186 cm³/mol. The van der Waals surface area contributed by atoms with E-state index in [4.69, 9.17) is 14.2 Å². The fourth-order valence-electron chi connectivity index (χ4n) is 6.40. The molecule has 3 heterocycles. The SMILES string of the molecule is CC1CN1CC(O)COc1ccc(C(C)(c2ccc(OCC(O)CN3CC3C)cc2)c2ccc(OCC(CN3CC3C)N=O)cc2)cc1. The second-order valence-corrected chi connectivity index (χ2v) is 14.1. The molecule has 3 aliphatic rings. The standard InChI is InChI=1S/C38H50N4O6/c1-26-17-40(26)20-32(39-45)23-46-35-11-5-29(6-12-35)38(4,30-7-13-36(14-8-30)47-24-33(43)21-41-18-27(41)2)31-9-15-37(16-10-31)48-25-34(44)22-42-19-28(42)3/h5-16,26-28,32-34,43-44H,17-25H2,1-4H3. The number of hydrogen-bond donors (Lipinski definition) is 2. The van der Waals surface area contributed by atoms with E-state index in [0.717, 1.165) is 36.3 Å². The summed E-state index contributed by atoms with van der Waals surface area (Å²) >= 11 is 0. The summed E-state index contributed by atoms with van der Waals surface area (Å²) < 4.78 is 17.9. The van der Waals surface area contributed by atoms with E-state index in [1.807, 2.05) is 36.4 Å². The molecule has 258 valence electrons. The van der Waals surface area contributed by atoms with Gasteiger partial charge in [0.25, 0.3) is 0 Å². The number of ether oxygens (including phenoxy) is 3. The highest BCUT2D eigenvalue weighted by Crippen LogP contribution is 2.40. The van der Waals surface area contributed by atoms with Gasteiger partial charge in [-0.05, 0) is 80.8 Å². The van der Waals surface area contributed by atoms with Gasteiger partial charge in [-0.3, -0.25) is 14.7 Å². The normalized spacial score (nSPS) is 27.2. The number of β-amino-alcohol motifs (C(OH)–C–C–N with tert-alkyl or cyclic N) is 2. The fraction of sp³-hybridized carbons (Fsp3) is 0.526. The molecule has 0 saturated carbocycles. The maximum atomic E-state index is 11.4. The summed E-state index contributed by atoms with van der Waals surface area (Å²) in [7, 11) is 0. The molecule has 0 bridgehead atoms. The second-order valence-electron chi connectivity index (χ2n) is 14.1. The molecule has 3 aromatic carbocycles. The average Bonchev–Trinajstić information content (AvgIpc) is 4.06. The number of aliphatic hydroxyl groups is 2. The van der Waals surface area contributed by atoms with Crippen LogP contribution < -0.4 is 14.2 Å². The lowest BCUT2D eigenvalue weighted by atomic mass is 9.71. The van der Waals surface area contributed by atoms with Gasteiger partial charge in [0.05, 0.1) is 0 Å². The minimum atomic E-state index is -0.540. The molecular formula is C38H50N4O6. The Bertz CT molecular complexity index is 1420. The van der Waals surface area contributed by atoms with Crippen LogP contribution in [0.2, 0.25) is 0 Å². The molecule has 2 N–H and O–H groups in total. The molecule has 0 aliphatic carbocycles. The highest BCUT2D eigenvalue weighted by Gasteiger charge is 2.34. The number of rotatable bonds is 19. The van der Waals surface area contributed by atoms with Crippen LogP contribution in [-0.2, 0) is 5.41 Å². The minimum Gasteiger partial charge on any atom is -0.491 e. The van der Waals surface area contributed by atoms with E-state index < -0.39 is 23.7 Å². The van der Waals surface area contributed by atoms with Gasteiger partial charge in [0.1, 0.15) is 55.3 Å². The lowest BCUT2D eigenvalue weighted by Crippen LogP contribution is -2.27. The van der Waals surface area contributed by atoms with Crippen molar-refractivity contribution in [3.63, 3.8) is 0 Å². The Balaban J connectivity index is 1.16. The molecule has 0 aromatic heterocycles. The van der Waals surface area contributed by atoms with Crippen LogP contribution in [0, 0.1) is 4.91 Å². The number of nitrogens with zero attached hydrogens (tertiary/aromatic N) is 4. The first-order valence-electron chi connectivity index (χ1n) is 17.2. The Morgan fingerprint density at radius 3 is 1.25 bits per heavy atom. The second kappa shape index (κ2) is 14.9. The van der Waals surface area contributed by atoms with Gasteiger partial charge >= 0.3 is 0 Å². The van der Waals surface area contributed by atoms with Crippen LogP contribution >= 0.6 is 0 Å². The van der Waals surface area contributed by atoms with E-state index in [-0.39, 0.29) is 19.8 Å². The molecule has 0 spiro atoms. The first-order chi connectivity index (χ1) is 23.1. The molecule has 3 aliphatic heterocycles. The van der Waals surface area contributed by atoms with E-state index in [9.17, 15) is 15.1 Å². The van der Waals surface area contributed by atoms with Gasteiger partial charge in [0.2, 0.25) is 0 Å². The zero-order valence-corrected chi connectivity index (χ0v) is 28.6. The van der Waals surface area contributed by atoms with Crippen molar-refractivity contribution in [3.05, 3.63) is 94.4 Å². The van der Waals surface area contributed by atoms with Gasteiger partial charge < -0.3 is 24.4 Å². The third kappa shape index (κ3) is 8.73. The lowest BCUT2D eigenvalue weighted by molar-refractivity contribution is 0.0924. The zero-order chi connectivity index (χ0) is 33.8. The summed E-state index contributed by atoms with van der Waals surface area (Å²) in [5.74, 6) is 2.10. The molecule has 0 radical (unpaired) electrons. The van der Waals surface area contributed by atoms with Crippen molar-refractivity contribution in [1.82, 2.24) is 14.7 Å². The number of benzene rings is 3. The van der Waals surface area contributed by atoms with E-state index in [1.54, 1.807) is 0 Å². The molecule has 9 unspecified atom stereocenters. The topological polar surface area (TPSA) is 107 Å². The molecule has 48 heavy (non-hydrogen) atoms. The maximum Gasteiger partial charge on any atom is 0.138 e. The molecule has 3 saturated heterocycles. The molecule has 10 nitrogen and oxygen atoms in total. The van der Waals surface area contributed by atoms with Crippen molar-refractivity contribution in [2.45, 2.75) is 69.5 Å². The number of aliphatic hydroxyl groups excluding tert-OH is 2. The minimum absolute atomic E-state index is 0.240. The van der Waals surface area contributed by atoms with Crippen LogP contribution in [0.15, 0.2) is 78.0 Å². The number of hydrogen-bond acceptors (Lipinski definition) is 10. The van der Waals surface area contributed by atoms with Crippen molar-refractivity contribution in [1.29, 1.82) is 0 Å². The quantitative estimate of drug-likeness (QED) is 0.112. The maximum absolute atomic E-state index is 11.4. The van der Waals surface area contributed by atoms with Gasteiger partial charge in [0, 0.05) is 62.8 Å². The van der Waals surface area contributed by atoms with Crippen LogP contribution in [-0.4, -0.2) is 120 Å². The van der Waals surface area contributed by atoms with Crippen molar-refractivity contribution >= 4 is 0 Å². The molecule has 3 aromatic rings. The molecular weight excluding hydrogens is 608 g/mol. The van der Waals surface area contributed by atoms with Crippen LogP contribution in [0.1, 0.15) is 44.4 Å². The van der Waals surface area contributed by atoms with Gasteiger partial charge in [-0.2, -0.15) is 4.91 Å². The predicted octanol–water partition coefficient (Wildman–Crippen LogP) is 4.15. The van der Waals surface area contributed by atoms with E-state index >= 15 is 0 Å². The van der Waals surface area contributed by atoms with Crippen molar-refractivity contribution < 1.29 is 24.4 Å². The van der Waals surface area contributed by atoms with Crippen molar-refractivity contribution in [2.24, 2.45) is 5.18 Å². The Morgan fingerprint density at radius 1 is 0.625 bits per heavy atom. The smallest absolute Gasteiger partial charge is 0.138 e. The van der Waals surface area contributed by atoms with E-state index in [2.05, 4.69) is 84.0 Å². The van der Waals surface area contributed by atoms with Gasteiger partial charge in [-0.1, -0.05) is 41.6 Å². The Hall–Kier alpha value is -3.54. The summed E-state index contributed by atoms with van der Waals surface area (Å²) in [6.07, 6.45) is -1.07. The Labute approximate surface area is 284 Å². The largest absolute Gasteiger partial charge is 0.491 e. The fourth-order valence-corrected chi connectivity index (χ4v) is 6.40. The highest BCUT2D eigenvalue weighted by atomic mass is 16.5. The lowest BCUT2D eigenvalue weighted by Gasteiger charge is -2.32. The summed E-state index contributed by atoms with van der Waals surface area (Å²) in [5, 5.41) is 24.1. The molecule has 9 atom stereocenters. The van der Waals surface area contributed by atoms with Gasteiger partial charge in [-0.25, -0.2) is 0 Å². The zero-order valence-electron chi connectivity index (χ0n) is 28.6. The Kier molecular flexibility index (Phi) is 10.7. The van der Waals surface area contributed by atoms with Crippen LogP contribution in [0.3, 0.4) is 0 Å². The third-order valence-electron chi connectivity index (χ3n) is 10.1. The summed E-state index contributed by atoms with van der Waals surface area (Å²) in [4.78, 5) is 18.0. The van der Waals surface area contributed by atoms with Gasteiger partial charge in [-0.15, -0.1) is 0 Å². The van der Waals surface area contributed by atoms with E-state index in [1.165, 1.54) is 0 Å². The average molecular weight is 659 g/mol. The first-order valence-corrected chi connectivity index (χ1v) is 17.2. The highest BCUT2D eigenvalue weighted by molar-refractivity contribution is 5.52. The molecule has 6 rings (SSSR count). The number of nitroso groups, excluding NO2 is 1. The summed E-state index contributed by atoms with van der Waals surface area (Å²) in [6, 6.07) is 25.3. The van der Waals surface area contributed by atoms with E-state index in [0.29, 0.717) is 55.0 Å². The third-order valence-corrected chi connectivity index (χ3v) is 10.1. The monoisotopic (exact) mass is 658 g/mol. The molecule has 3 fully saturated rings. The Morgan fingerprint density at radius 2 is 0.938 bits per heavy atom. The van der Waals surface area contributed by atoms with Crippen molar-refractivity contribution in [3.8, 4) is 17.2 Å². The van der Waals surface area contributed by atoms with Gasteiger partial charge in [0.15, 0.2) is 0 Å². The van der Waals surface area contributed by atoms with Crippen molar-refractivity contribution in [2.75, 3.05) is 59.1 Å².